The first-order chi connectivity index (χ1) is 9.24. The molecule has 96 valence electrons. The molecule has 1 heterocycles. The van der Waals surface area contributed by atoms with Crippen molar-refractivity contribution in [2.24, 2.45) is 0 Å². The predicted molar refractivity (Wildman–Crippen MR) is 72.7 cm³/mol. The average Bonchev–Trinajstić information content (AvgIpc) is 3.19. The van der Waals surface area contributed by atoms with Crippen molar-refractivity contribution in [3.63, 3.8) is 0 Å². The maximum atomic E-state index is 10.6. The summed E-state index contributed by atoms with van der Waals surface area (Å²) in [6, 6.07) is 17.6. The summed E-state index contributed by atoms with van der Waals surface area (Å²) in [7, 11) is 0. The third kappa shape index (κ3) is 2.63. The zero-order valence-electron chi connectivity index (χ0n) is 10.4. The largest absolute Gasteiger partial charge is 0.289 e. The molecule has 0 N–H and O–H groups in total. The van der Waals surface area contributed by atoms with Crippen LogP contribution in [0, 0.1) is 10.1 Å². The van der Waals surface area contributed by atoms with Crippen molar-refractivity contribution in [2.45, 2.75) is 12.6 Å². The highest BCUT2D eigenvalue weighted by molar-refractivity contribution is 5.36. The molecule has 0 saturated carbocycles. The van der Waals surface area contributed by atoms with Crippen molar-refractivity contribution >= 4 is 5.69 Å². The van der Waals surface area contributed by atoms with Crippen LogP contribution in [0.3, 0.4) is 0 Å². The first-order valence-electron chi connectivity index (χ1n) is 6.26. The smallest absolute Gasteiger partial charge is 0.269 e. The Kier molecular flexibility index (Phi) is 3.01. The second kappa shape index (κ2) is 4.82. The Labute approximate surface area is 111 Å². The van der Waals surface area contributed by atoms with Crippen LogP contribution in [0.1, 0.15) is 17.2 Å². The van der Waals surface area contributed by atoms with Crippen LogP contribution in [-0.4, -0.2) is 16.4 Å². The molecule has 2 atom stereocenters. The molecule has 0 radical (unpaired) electrons. The molecule has 1 fully saturated rings. The molecule has 0 aliphatic carbocycles. The molecule has 0 spiro atoms. The van der Waals surface area contributed by atoms with E-state index in [9.17, 15) is 10.1 Å². The van der Waals surface area contributed by atoms with E-state index in [-0.39, 0.29) is 10.6 Å². The minimum atomic E-state index is -0.363. The summed E-state index contributed by atoms with van der Waals surface area (Å²) in [6.45, 7) is 1.95. The monoisotopic (exact) mass is 254 g/mol. The lowest BCUT2D eigenvalue weighted by atomic mass is 10.1. The molecule has 4 heteroatoms. The van der Waals surface area contributed by atoms with Crippen molar-refractivity contribution in [2.75, 3.05) is 6.54 Å². The summed E-state index contributed by atoms with van der Waals surface area (Å²) >= 11 is 0. The Balaban J connectivity index is 1.65. The Bertz CT molecular complexity index is 581. The van der Waals surface area contributed by atoms with E-state index in [1.165, 1.54) is 5.56 Å². The lowest BCUT2D eigenvalue weighted by Crippen LogP contribution is -1.98. The minimum Gasteiger partial charge on any atom is -0.289 e. The van der Waals surface area contributed by atoms with Gasteiger partial charge in [-0.15, -0.1) is 0 Å². The molecular formula is C15H14N2O2. The molecule has 2 aromatic rings. The molecule has 4 nitrogen and oxygen atoms in total. The predicted octanol–water partition coefficient (Wildman–Crippen LogP) is 3.15. The first-order valence-corrected chi connectivity index (χ1v) is 6.26. The van der Waals surface area contributed by atoms with E-state index in [0.717, 1.165) is 18.7 Å². The second-order valence-corrected chi connectivity index (χ2v) is 4.78. The molecule has 2 aromatic carbocycles. The SMILES string of the molecule is O=[N+]([O-])c1ccc(C2CN2Cc2ccccc2)cc1. The van der Waals surface area contributed by atoms with Crippen LogP contribution in [0.2, 0.25) is 0 Å². The highest BCUT2D eigenvalue weighted by Gasteiger charge is 2.35. The van der Waals surface area contributed by atoms with E-state index < -0.39 is 0 Å². The summed E-state index contributed by atoms with van der Waals surface area (Å²) in [5, 5.41) is 10.6. The van der Waals surface area contributed by atoms with Gasteiger partial charge in [-0.1, -0.05) is 42.5 Å². The maximum Gasteiger partial charge on any atom is 0.269 e. The van der Waals surface area contributed by atoms with Crippen LogP contribution >= 0.6 is 0 Å². The molecule has 0 amide bonds. The van der Waals surface area contributed by atoms with Gasteiger partial charge in [-0.2, -0.15) is 0 Å². The van der Waals surface area contributed by atoms with Crippen LogP contribution in [0.5, 0.6) is 0 Å². The summed E-state index contributed by atoms with van der Waals surface area (Å²) in [5.41, 5.74) is 2.60. The van der Waals surface area contributed by atoms with Crippen molar-refractivity contribution in [1.82, 2.24) is 4.90 Å². The quantitative estimate of drug-likeness (QED) is 0.478. The number of hydrogen-bond acceptors (Lipinski definition) is 3. The lowest BCUT2D eigenvalue weighted by molar-refractivity contribution is -0.384. The molecule has 0 aromatic heterocycles. The number of nitrogens with zero attached hydrogens (tertiary/aromatic N) is 2. The van der Waals surface area contributed by atoms with E-state index in [2.05, 4.69) is 17.0 Å². The van der Waals surface area contributed by atoms with E-state index in [1.807, 2.05) is 30.3 Å². The van der Waals surface area contributed by atoms with Gasteiger partial charge in [-0.05, 0) is 11.1 Å². The summed E-state index contributed by atoms with van der Waals surface area (Å²) in [4.78, 5) is 12.6. The van der Waals surface area contributed by atoms with Gasteiger partial charge in [0.1, 0.15) is 0 Å². The third-order valence-corrected chi connectivity index (χ3v) is 3.43. The molecule has 3 rings (SSSR count). The Hall–Kier alpha value is -2.20. The van der Waals surface area contributed by atoms with Gasteiger partial charge in [0.25, 0.3) is 5.69 Å². The molecule has 2 unspecified atom stereocenters. The van der Waals surface area contributed by atoms with Crippen LogP contribution in [0.15, 0.2) is 54.6 Å². The summed E-state index contributed by atoms with van der Waals surface area (Å²) in [6.07, 6.45) is 0. The number of nitro benzene ring substituents is 1. The minimum absolute atomic E-state index is 0.152. The van der Waals surface area contributed by atoms with Crippen LogP contribution in [-0.2, 0) is 6.54 Å². The van der Waals surface area contributed by atoms with Gasteiger partial charge in [0, 0.05) is 31.3 Å². The van der Waals surface area contributed by atoms with Crippen LogP contribution in [0.25, 0.3) is 0 Å². The fourth-order valence-corrected chi connectivity index (χ4v) is 2.30. The highest BCUT2D eigenvalue weighted by atomic mass is 16.6. The zero-order chi connectivity index (χ0) is 13.2. The van der Waals surface area contributed by atoms with Crippen LogP contribution < -0.4 is 0 Å². The molecule has 1 aliphatic rings. The fourth-order valence-electron chi connectivity index (χ4n) is 2.30. The Morgan fingerprint density at radius 3 is 2.42 bits per heavy atom. The maximum absolute atomic E-state index is 10.6. The van der Waals surface area contributed by atoms with E-state index in [1.54, 1.807) is 12.1 Å². The van der Waals surface area contributed by atoms with E-state index in [4.69, 9.17) is 0 Å². The van der Waals surface area contributed by atoms with Gasteiger partial charge < -0.3 is 0 Å². The number of hydrogen-bond donors (Lipinski definition) is 0. The summed E-state index contributed by atoms with van der Waals surface area (Å²) in [5.74, 6) is 0. The number of nitro groups is 1. The molecule has 1 saturated heterocycles. The van der Waals surface area contributed by atoms with Crippen molar-refractivity contribution in [1.29, 1.82) is 0 Å². The van der Waals surface area contributed by atoms with Gasteiger partial charge >= 0.3 is 0 Å². The standard InChI is InChI=1S/C15H14N2O2/c18-17(19)14-8-6-13(7-9-14)15-11-16(15)10-12-4-2-1-3-5-12/h1-9,15H,10-11H2. The van der Waals surface area contributed by atoms with Gasteiger partial charge in [0.15, 0.2) is 0 Å². The Morgan fingerprint density at radius 2 is 1.79 bits per heavy atom. The molecule has 1 aliphatic heterocycles. The Morgan fingerprint density at radius 1 is 1.11 bits per heavy atom. The van der Waals surface area contributed by atoms with Gasteiger partial charge in [0.05, 0.1) is 4.92 Å². The molecular weight excluding hydrogens is 240 g/mol. The van der Waals surface area contributed by atoms with E-state index >= 15 is 0 Å². The zero-order valence-corrected chi connectivity index (χ0v) is 10.4. The average molecular weight is 254 g/mol. The van der Waals surface area contributed by atoms with Gasteiger partial charge in [0.2, 0.25) is 0 Å². The normalized spacial score (nSPS) is 21.1. The fraction of sp³-hybridized carbons (Fsp3) is 0.200. The lowest BCUT2D eigenvalue weighted by Gasteiger charge is -2.04. The number of rotatable bonds is 4. The number of benzene rings is 2. The summed E-state index contributed by atoms with van der Waals surface area (Å²) < 4.78 is 0. The topological polar surface area (TPSA) is 46.1 Å². The molecule has 0 bridgehead atoms. The van der Waals surface area contributed by atoms with Gasteiger partial charge in [-0.3, -0.25) is 15.0 Å². The first kappa shape index (κ1) is 11.9. The van der Waals surface area contributed by atoms with Crippen molar-refractivity contribution < 1.29 is 4.92 Å². The van der Waals surface area contributed by atoms with E-state index in [0.29, 0.717) is 6.04 Å². The van der Waals surface area contributed by atoms with Crippen LogP contribution in [0.4, 0.5) is 5.69 Å². The third-order valence-electron chi connectivity index (χ3n) is 3.43. The number of non-ortho nitro benzene ring substituents is 1. The van der Waals surface area contributed by atoms with Crippen molar-refractivity contribution in [3.05, 3.63) is 75.8 Å². The highest BCUT2D eigenvalue weighted by Crippen LogP contribution is 2.36. The second-order valence-electron chi connectivity index (χ2n) is 4.78. The molecule has 19 heavy (non-hydrogen) atoms. The van der Waals surface area contributed by atoms with Gasteiger partial charge in [-0.25, -0.2) is 0 Å². The van der Waals surface area contributed by atoms with Crippen molar-refractivity contribution in [3.8, 4) is 0 Å².